The number of hydrogen-bond acceptors (Lipinski definition) is 3. The third-order valence-electron chi connectivity index (χ3n) is 2.06. The number of aromatic nitrogens is 2. The Bertz CT molecular complexity index is 560. The SMILES string of the molecule is Cc1cccc(Nc2nc(F)nc(F)c2Cl)c1. The first-order valence-corrected chi connectivity index (χ1v) is 5.16. The van der Waals surface area contributed by atoms with E-state index in [0.29, 0.717) is 5.69 Å². The minimum Gasteiger partial charge on any atom is -0.339 e. The predicted octanol–water partition coefficient (Wildman–Crippen LogP) is 3.46. The molecule has 0 atom stereocenters. The van der Waals surface area contributed by atoms with Crippen LogP contribution in [0.1, 0.15) is 5.56 Å². The molecule has 0 saturated heterocycles. The highest BCUT2D eigenvalue weighted by atomic mass is 35.5. The van der Waals surface area contributed by atoms with E-state index in [1.807, 2.05) is 13.0 Å². The smallest absolute Gasteiger partial charge is 0.313 e. The molecule has 0 bridgehead atoms. The Kier molecular flexibility index (Phi) is 3.19. The van der Waals surface area contributed by atoms with Gasteiger partial charge in [-0.3, -0.25) is 0 Å². The highest BCUT2D eigenvalue weighted by molar-refractivity contribution is 6.33. The molecule has 3 nitrogen and oxygen atoms in total. The van der Waals surface area contributed by atoms with Crippen LogP contribution in [0.15, 0.2) is 24.3 Å². The van der Waals surface area contributed by atoms with E-state index in [1.54, 1.807) is 18.2 Å². The maximum atomic E-state index is 13.1. The van der Waals surface area contributed by atoms with Crippen LogP contribution in [-0.4, -0.2) is 9.97 Å². The van der Waals surface area contributed by atoms with E-state index in [2.05, 4.69) is 15.3 Å². The van der Waals surface area contributed by atoms with Gasteiger partial charge < -0.3 is 5.32 Å². The summed E-state index contributed by atoms with van der Waals surface area (Å²) in [5.41, 5.74) is 1.64. The monoisotopic (exact) mass is 255 g/mol. The molecule has 0 spiro atoms. The molecule has 88 valence electrons. The van der Waals surface area contributed by atoms with Crippen molar-refractivity contribution in [2.24, 2.45) is 0 Å². The minimum atomic E-state index is -1.16. The van der Waals surface area contributed by atoms with Crippen molar-refractivity contribution < 1.29 is 8.78 Å². The van der Waals surface area contributed by atoms with Crippen molar-refractivity contribution in [3.8, 4) is 0 Å². The molecule has 1 aromatic heterocycles. The van der Waals surface area contributed by atoms with Crippen LogP contribution in [0.2, 0.25) is 5.02 Å². The second-order valence-electron chi connectivity index (χ2n) is 3.44. The van der Waals surface area contributed by atoms with E-state index >= 15 is 0 Å². The fourth-order valence-electron chi connectivity index (χ4n) is 1.34. The van der Waals surface area contributed by atoms with Crippen molar-refractivity contribution in [3.63, 3.8) is 0 Å². The Morgan fingerprint density at radius 2 is 2.00 bits per heavy atom. The molecule has 17 heavy (non-hydrogen) atoms. The van der Waals surface area contributed by atoms with Gasteiger partial charge >= 0.3 is 6.08 Å². The molecular formula is C11H8ClF2N3. The van der Waals surface area contributed by atoms with Gasteiger partial charge in [0.1, 0.15) is 5.02 Å². The molecule has 2 rings (SSSR count). The number of nitrogens with one attached hydrogen (secondary N) is 1. The normalized spacial score (nSPS) is 10.4. The number of halogens is 3. The topological polar surface area (TPSA) is 37.8 Å². The zero-order valence-corrected chi connectivity index (χ0v) is 9.59. The van der Waals surface area contributed by atoms with E-state index in [0.717, 1.165) is 5.56 Å². The van der Waals surface area contributed by atoms with Crippen LogP contribution >= 0.6 is 11.6 Å². The van der Waals surface area contributed by atoms with Crippen LogP contribution in [0.25, 0.3) is 0 Å². The van der Waals surface area contributed by atoms with Crippen molar-refractivity contribution in [2.75, 3.05) is 5.32 Å². The van der Waals surface area contributed by atoms with Crippen molar-refractivity contribution in [1.29, 1.82) is 0 Å². The molecule has 2 aromatic rings. The third-order valence-corrected chi connectivity index (χ3v) is 2.40. The summed E-state index contributed by atoms with van der Waals surface area (Å²) in [5.74, 6) is -1.18. The van der Waals surface area contributed by atoms with E-state index in [-0.39, 0.29) is 10.8 Å². The second kappa shape index (κ2) is 4.63. The summed E-state index contributed by atoms with van der Waals surface area (Å²) in [4.78, 5) is 6.27. The molecule has 0 aliphatic rings. The average Bonchev–Trinajstić information content (AvgIpc) is 2.25. The van der Waals surface area contributed by atoms with Crippen LogP contribution in [-0.2, 0) is 0 Å². The Morgan fingerprint density at radius 1 is 1.24 bits per heavy atom. The van der Waals surface area contributed by atoms with E-state index < -0.39 is 12.0 Å². The lowest BCUT2D eigenvalue weighted by atomic mass is 10.2. The minimum absolute atomic E-state index is 0.0951. The summed E-state index contributed by atoms with van der Waals surface area (Å²) >= 11 is 5.63. The van der Waals surface area contributed by atoms with Crippen LogP contribution in [0.4, 0.5) is 20.3 Å². The number of hydrogen-bond donors (Lipinski definition) is 1. The van der Waals surface area contributed by atoms with Gasteiger partial charge in [0.05, 0.1) is 0 Å². The Labute approximate surface area is 101 Å². The third kappa shape index (κ3) is 2.68. The highest BCUT2D eigenvalue weighted by Crippen LogP contribution is 2.25. The second-order valence-corrected chi connectivity index (χ2v) is 3.82. The number of anilines is 2. The molecule has 0 fully saturated rings. The molecule has 0 saturated carbocycles. The van der Waals surface area contributed by atoms with Gasteiger partial charge in [-0.15, -0.1) is 0 Å². The number of benzene rings is 1. The van der Waals surface area contributed by atoms with E-state index in [4.69, 9.17) is 11.6 Å². The lowest BCUT2D eigenvalue weighted by Crippen LogP contribution is -2.02. The Morgan fingerprint density at radius 3 is 2.71 bits per heavy atom. The van der Waals surface area contributed by atoms with Gasteiger partial charge in [0, 0.05) is 5.69 Å². The van der Waals surface area contributed by atoms with E-state index in [1.165, 1.54) is 0 Å². The number of nitrogens with zero attached hydrogens (tertiary/aromatic N) is 2. The summed E-state index contributed by atoms with van der Waals surface area (Å²) in [6, 6.07) is 7.24. The summed E-state index contributed by atoms with van der Waals surface area (Å²) < 4.78 is 25.9. The molecule has 1 aromatic carbocycles. The highest BCUT2D eigenvalue weighted by Gasteiger charge is 2.12. The molecule has 1 N–H and O–H groups in total. The van der Waals surface area contributed by atoms with Crippen molar-refractivity contribution in [3.05, 3.63) is 46.9 Å². The predicted molar refractivity (Wildman–Crippen MR) is 61.4 cm³/mol. The summed E-state index contributed by atoms with van der Waals surface area (Å²) in [6.45, 7) is 1.90. The molecule has 0 aliphatic carbocycles. The lowest BCUT2D eigenvalue weighted by molar-refractivity contribution is 0.485. The van der Waals surface area contributed by atoms with Gasteiger partial charge in [-0.05, 0) is 24.6 Å². The van der Waals surface area contributed by atoms with Crippen LogP contribution < -0.4 is 5.32 Å². The fourth-order valence-corrected chi connectivity index (χ4v) is 1.47. The van der Waals surface area contributed by atoms with Gasteiger partial charge in [0.15, 0.2) is 5.82 Å². The van der Waals surface area contributed by atoms with Gasteiger partial charge in [-0.1, -0.05) is 23.7 Å². The van der Waals surface area contributed by atoms with Crippen molar-refractivity contribution >= 4 is 23.1 Å². The van der Waals surface area contributed by atoms with Crippen LogP contribution in [0, 0.1) is 18.9 Å². The van der Waals surface area contributed by atoms with E-state index in [9.17, 15) is 8.78 Å². The number of rotatable bonds is 2. The van der Waals surface area contributed by atoms with Crippen LogP contribution in [0.5, 0.6) is 0 Å². The maximum Gasteiger partial charge on any atom is 0.313 e. The molecule has 1 heterocycles. The van der Waals surface area contributed by atoms with Crippen molar-refractivity contribution in [2.45, 2.75) is 6.92 Å². The lowest BCUT2D eigenvalue weighted by Gasteiger charge is -2.07. The molecule has 0 amide bonds. The van der Waals surface area contributed by atoms with Gasteiger partial charge in [-0.25, -0.2) is 0 Å². The summed E-state index contributed by atoms with van der Waals surface area (Å²) in [6.07, 6.45) is -1.16. The molecule has 0 radical (unpaired) electrons. The zero-order chi connectivity index (χ0) is 12.4. The first kappa shape index (κ1) is 11.7. The average molecular weight is 256 g/mol. The molecule has 6 heteroatoms. The van der Waals surface area contributed by atoms with Crippen LogP contribution in [0.3, 0.4) is 0 Å². The molecule has 0 aliphatic heterocycles. The van der Waals surface area contributed by atoms with Crippen molar-refractivity contribution in [1.82, 2.24) is 9.97 Å². The zero-order valence-electron chi connectivity index (χ0n) is 8.84. The standard InChI is InChI=1S/C11H8ClF2N3/c1-6-3-2-4-7(5-6)15-10-8(12)9(13)16-11(14)17-10/h2-5H,1H3,(H,15,16,17). The molecule has 0 unspecified atom stereocenters. The first-order valence-electron chi connectivity index (χ1n) is 4.78. The Hall–Kier alpha value is -1.75. The Balaban J connectivity index is 2.36. The summed E-state index contributed by atoms with van der Waals surface area (Å²) in [5, 5.41) is 2.39. The summed E-state index contributed by atoms with van der Waals surface area (Å²) in [7, 11) is 0. The maximum absolute atomic E-state index is 13.1. The molecular weight excluding hydrogens is 248 g/mol. The van der Waals surface area contributed by atoms with Gasteiger partial charge in [0.2, 0.25) is 5.95 Å². The first-order chi connectivity index (χ1) is 8.06. The van der Waals surface area contributed by atoms with Gasteiger partial charge in [0.25, 0.3) is 0 Å². The number of aryl methyl sites for hydroxylation is 1. The quantitative estimate of drug-likeness (QED) is 0.660. The fraction of sp³-hybridized carbons (Fsp3) is 0.0909. The largest absolute Gasteiger partial charge is 0.339 e. The van der Waals surface area contributed by atoms with Gasteiger partial charge in [-0.2, -0.15) is 18.7 Å².